The van der Waals surface area contributed by atoms with E-state index in [0.29, 0.717) is 15.6 Å². The Balaban J connectivity index is 1.92. The van der Waals surface area contributed by atoms with E-state index in [2.05, 4.69) is 0 Å². The molecule has 32 heavy (non-hydrogen) atoms. The molecule has 0 radical (unpaired) electrons. The van der Waals surface area contributed by atoms with E-state index >= 15 is 0 Å². The maximum absolute atomic E-state index is 15.0. The van der Waals surface area contributed by atoms with E-state index in [0.717, 1.165) is 11.6 Å². The second kappa shape index (κ2) is 11.3. The van der Waals surface area contributed by atoms with Crippen LogP contribution in [-0.2, 0) is 0 Å². The molecule has 168 valence electrons. The molecule has 0 saturated carbocycles. The SMILES string of the molecule is O=C(c1ccc(OC(c2ccc(Cl)cc2)c2ccccc2Cl)c(F)c1)N(CCO)CCO. The van der Waals surface area contributed by atoms with Crippen molar-refractivity contribution in [3.05, 3.63) is 99.3 Å². The van der Waals surface area contributed by atoms with Crippen LogP contribution < -0.4 is 4.74 Å². The van der Waals surface area contributed by atoms with Crippen molar-refractivity contribution in [1.29, 1.82) is 0 Å². The summed E-state index contributed by atoms with van der Waals surface area (Å²) in [6.45, 7) is -0.471. The minimum absolute atomic E-state index is 0.0322. The molecule has 3 aromatic rings. The van der Waals surface area contributed by atoms with Crippen molar-refractivity contribution in [2.24, 2.45) is 0 Å². The van der Waals surface area contributed by atoms with Crippen molar-refractivity contribution in [1.82, 2.24) is 4.90 Å². The summed E-state index contributed by atoms with van der Waals surface area (Å²) in [6, 6.07) is 18.0. The summed E-state index contributed by atoms with van der Waals surface area (Å²) >= 11 is 12.4. The minimum atomic E-state index is -0.727. The number of rotatable bonds is 9. The van der Waals surface area contributed by atoms with Crippen molar-refractivity contribution < 1.29 is 24.1 Å². The van der Waals surface area contributed by atoms with Crippen LogP contribution in [0.4, 0.5) is 4.39 Å². The molecule has 2 N–H and O–H groups in total. The fourth-order valence-corrected chi connectivity index (χ4v) is 3.59. The maximum Gasteiger partial charge on any atom is 0.254 e. The predicted octanol–water partition coefficient (Wildman–Crippen LogP) is 4.73. The standard InChI is InChI=1S/C24H22Cl2FNO4/c25-18-8-5-16(6-9-18)23(19-3-1-2-4-20(19)26)32-22-10-7-17(15-21(22)27)24(31)28(11-13-29)12-14-30/h1-10,15,23,29-30H,11-14H2. The predicted molar refractivity (Wildman–Crippen MR) is 122 cm³/mol. The van der Waals surface area contributed by atoms with Crippen LogP contribution in [0.15, 0.2) is 66.7 Å². The first-order valence-electron chi connectivity index (χ1n) is 9.91. The number of halogens is 3. The average molecular weight is 478 g/mol. The summed E-state index contributed by atoms with van der Waals surface area (Å²) in [4.78, 5) is 13.8. The van der Waals surface area contributed by atoms with Crippen molar-refractivity contribution in [2.45, 2.75) is 6.10 Å². The lowest BCUT2D eigenvalue weighted by molar-refractivity contribution is 0.0684. The Hall–Kier alpha value is -2.64. The van der Waals surface area contributed by atoms with Gasteiger partial charge >= 0.3 is 0 Å². The van der Waals surface area contributed by atoms with Crippen LogP contribution in [0.1, 0.15) is 27.6 Å². The van der Waals surface area contributed by atoms with E-state index in [4.69, 9.17) is 38.2 Å². The Bertz CT molecular complexity index is 1060. The molecule has 1 amide bonds. The van der Waals surface area contributed by atoms with Gasteiger partial charge in [-0.3, -0.25) is 4.79 Å². The third-order valence-electron chi connectivity index (χ3n) is 4.81. The lowest BCUT2D eigenvalue weighted by Gasteiger charge is -2.23. The topological polar surface area (TPSA) is 70.0 Å². The van der Waals surface area contributed by atoms with E-state index in [1.807, 2.05) is 6.07 Å². The highest BCUT2D eigenvalue weighted by atomic mass is 35.5. The number of carbonyl (C=O) groups excluding carboxylic acids is 1. The highest BCUT2D eigenvalue weighted by Crippen LogP contribution is 2.34. The maximum atomic E-state index is 15.0. The molecule has 0 spiro atoms. The Labute approximate surface area is 195 Å². The number of amides is 1. The zero-order valence-electron chi connectivity index (χ0n) is 17.0. The molecular formula is C24H22Cl2FNO4. The van der Waals surface area contributed by atoms with Gasteiger partial charge in [0.1, 0.15) is 0 Å². The molecule has 5 nitrogen and oxygen atoms in total. The third kappa shape index (κ3) is 5.78. The van der Waals surface area contributed by atoms with E-state index in [1.165, 1.54) is 17.0 Å². The van der Waals surface area contributed by atoms with Gasteiger partial charge in [-0.2, -0.15) is 0 Å². The highest BCUT2D eigenvalue weighted by Gasteiger charge is 2.22. The van der Waals surface area contributed by atoms with Gasteiger partial charge in [0.25, 0.3) is 5.91 Å². The van der Waals surface area contributed by atoms with Crippen LogP contribution in [0, 0.1) is 5.82 Å². The molecule has 0 aliphatic carbocycles. The molecule has 1 unspecified atom stereocenters. The van der Waals surface area contributed by atoms with Crippen molar-refractivity contribution in [2.75, 3.05) is 26.3 Å². The number of ether oxygens (including phenoxy) is 1. The number of hydrogen-bond acceptors (Lipinski definition) is 4. The first-order valence-corrected chi connectivity index (χ1v) is 10.7. The minimum Gasteiger partial charge on any atom is -0.478 e. The van der Waals surface area contributed by atoms with Gasteiger partial charge in [-0.25, -0.2) is 4.39 Å². The average Bonchev–Trinajstić information content (AvgIpc) is 2.79. The summed E-state index contributed by atoms with van der Waals surface area (Å²) in [5, 5.41) is 19.3. The molecular weight excluding hydrogens is 456 g/mol. The largest absolute Gasteiger partial charge is 0.478 e. The van der Waals surface area contributed by atoms with Crippen LogP contribution in [0.25, 0.3) is 0 Å². The number of aliphatic hydroxyl groups is 2. The van der Waals surface area contributed by atoms with Gasteiger partial charge in [-0.1, -0.05) is 53.5 Å². The van der Waals surface area contributed by atoms with Gasteiger partial charge in [0.2, 0.25) is 0 Å². The van der Waals surface area contributed by atoms with Crippen LogP contribution in [0.3, 0.4) is 0 Å². The summed E-state index contributed by atoms with van der Waals surface area (Å²) in [5.41, 5.74) is 1.45. The molecule has 0 saturated heterocycles. The third-order valence-corrected chi connectivity index (χ3v) is 5.41. The molecule has 8 heteroatoms. The molecule has 1 atom stereocenters. The van der Waals surface area contributed by atoms with Crippen LogP contribution in [0.5, 0.6) is 5.75 Å². The Morgan fingerprint density at radius 3 is 2.22 bits per heavy atom. The lowest BCUT2D eigenvalue weighted by Crippen LogP contribution is -2.35. The van der Waals surface area contributed by atoms with Crippen molar-refractivity contribution in [3.8, 4) is 5.75 Å². The summed E-state index contributed by atoms with van der Waals surface area (Å²) in [5.74, 6) is -1.29. The number of carbonyl (C=O) groups is 1. The van der Waals surface area contributed by atoms with Gasteiger partial charge < -0.3 is 19.8 Å². The molecule has 3 rings (SSSR count). The fourth-order valence-electron chi connectivity index (χ4n) is 3.23. The quantitative estimate of drug-likeness (QED) is 0.467. The second-order valence-corrected chi connectivity index (χ2v) is 7.80. The normalized spacial score (nSPS) is 11.8. The molecule has 0 fully saturated rings. The zero-order chi connectivity index (χ0) is 23.1. The molecule has 0 aromatic heterocycles. The van der Waals surface area contributed by atoms with E-state index in [1.54, 1.807) is 42.5 Å². The number of aliphatic hydroxyl groups excluding tert-OH is 2. The summed E-state index contributed by atoms with van der Waals surface area (Å²) < 4.78 is 21.0. The van der Waals surface area contributed by atoms with Gasteiger partial charge in [0.05, 0.1) is 13.2 Å². The zero-order valence-corrected chi connectivity index (χ0v) is 18.6. The molecule has 0 aliphatic rings. The Kier molecular flexibility index (Phi) is 8.47. The number of hydrogen-bond donors (Lipinski definition) is 2. The Morgan fingerprint density at radius 1 is 0.969 bits per heavy atom. The lowest BCUT2D eigenvalue weighted by atomic mass is 10.0. The first kappa shape index (κ1) is 24.0. The van der Waals surface area contributed by atoms with Gasteiger partial charge in [-0.05, 0) is 42.0 Å². The van der Waals surface area contributed by atoms with Crippen LogP contribution in [0.2, 0.25) is 10.0 Å². The molecule has 3 aromatic carbocycles. The van der Waals surface area contributed by atoms with E-state index < -0.39 is 17.8 Å². The number of benzene rings is 3. The molecule has 0 bridgehead atoms. The smallest absolute Gasteiger partial charge is 0.254 e. The molecule has 0 aliphatic heterocycles. The van der Waals surface area contributed by atoms with Crippen LogP contribution >= 0.6 is 23.2 Å². The van der Waals surface area contributed by atoms with Gasteiger partial charge in [0, 0.05) is 34.3 Å². The highest BCUT2D eigenvalue weighted by molar-refractivity contribution is 6.31. The monoisotopic (exact) mass is 477 g/mol. The molecule has 0 heterocycles. The second-order valence-electron chi connectivity index (χ2n) is 6.96. The van der Waals surface area contributed by atoms with E-state index in [9.17, 15) is 9.18 Å². The fraction of sp³-hybridized carbons (Fsp3) is 0.208. The van der Waals surface area contributed by atoms with Crippen molar-refractivity contribution in [3.63, 3.8) is 0 Å². The van der Waals surface area contributed by atoms with Gasteiger partial charge in [0.15, 0.2) is 17.7 Å². The number of nitrogens with zero attached hydrogens (tertiary/aromatic N) is 1. The van der Waals surface area contributed by atoms with Crippen LogP contribution in [-0.4, -0.2) is 47.3 Å². The van der Waals surface area contributed by atoms with Crippen molar-refractivity contribution >= 4 is 29.1 Å². The Morgan fingerprint density at radius 2 is 1.62 bits per heavy atom. The first-order chi connectivity index (χ1) is 15.4. The van der Waals surface area contributed by atoms with E-state index in [-0.39, 0.29) is 37.6 Å². The summed E-state index contributed by atoms with van der Waals surface area (Å²) in [7, 11) is 0. The van der Waals surface area contributed by atoms with Gasteiger partial charge in [-0.15, -0.1) is 0 Å². The summed E-state index contributed by atoms with van der Waals surface area (Å²) in [6.07, 6.45) is -0.711.